The molecule has 0 unspecified atom stereocenters. The minimum atomic E-state index is -1.19. The SMILES string of the molecule is CCC[C@]1(CC)O[C@@H](n2ccc(=O)[nH]c2=O)[C@H](Cl)[C@@H]1C.CCC[C@]1(CO)O[C@@H](n2ccc(=O)[nH]c2=O)[C@H](Cl)[C@@H]1O.CCC[C@]1(CO)O[C@@H](n2ccc(N)nc2=O)[C@H](Cl)[C@@H]1O.CC[C@@]1(C=O)O[C@@H](n2ccc(=O)[nH]c2=O)[C@H](Cl)[C@@H]1C. The van der Waals surface area contributed by atoms with Gasteiger partial charge < -0.3 is 49.9 Å². The number of ether oxygens (including phenoxy) is 4. The summed E-state index contributed by atoms with van der Waals surface area (Å²) in [5.74, 6) is -0.00339. The molecule has 79 heavy (non-hydrogen) atoms. The second-order valence-corrected chi connectivity index (χ2v) is 21.9. The summed E-state index contributed by atoms with van der Waals surface area (Å²) in [6, 6.07) is 5.13. The first-order valence-electron chi connectivity index (χ1n) is 25.9. The zero-order valence-corrected chi connectivity index (χ0v) is 47.7. The summed E-state index contributed by atoms with van der Waals surface area (Å²) in [4.78, 5) is 102. The standard InChI is InChI=1S/C14H21ClN2O3.C12H18ClN3O4.C12H17ClN2O5.C12H15ClN2O4/c1-4-7-14(5-2)9(3)11(15)12(20-14)17-8-6-10(18)16-13(17)19;1-2-4-12(6-17)9(18)8(13)10(20-12)16-5-3-7(14)15-11(16)19;1-2-4-12(6-16)9(18)8(13)10(20-12)15-5-3-7(17)14-11(15)19;1-3-12(6-16)7(2)9(13)10(19-12)15-5-4-8(17)14-11(15)18/h6,8-9,11-12H,4-5,7H2,1-3H3,(H,16,18,19);3,5,8-10,17-18H,2,4,6H2,1H3,(H2,14,15,19);3,5,8-10,16,18H,2,4,6H2,1H3,(H,14,17,19);4-7,9-10H,3H2,1-2H3,(H,14,17,18)/t9-,11+,12+,14-;2*8-,9+,10-,12-;7-,9+,10+,12-/m0110/s1. The molecule has 4 aromatic heterocycles. The molecule has 25 nitrogen and oxygen atoms in total. The number of carbonyl (C=O) groups is 1. The largest absolute Gasteiger partial charge is 0.393 e. The Morgan fingerprint density at radius 3 is 1.25 bits per heavy atom. The number of hydrogen-bond acceptors (Lipinski definition) is 18. The van der Waals surface area contributed by atoms with Gasteiger partial charge in [-0.2, -0.15) is 4.98 Å². The van der Waals surface area contributed by atoms with Crippen LogP contribution in [-0.2, 0) is 23.7 Å². The Balaban J connectivity index is 0.000000194. The number of halogens is 4. The summed E-state index contributed by atoms with van der Waals surface area (Å²) in [6.45, 7) is 12.9. The summed E-state index contributed by atoms with van der Waals surface area (Å²) in [5.41, 5.74) is -2.04. The van der Waals surface area contributed by atoms with Crippen molar-refractivity contribution >= 4 is 58.5 Å². The molecule has 0 spiro atoms. The zero-order chi connectivity index (χ0) is 58.9. The highest BCUT2D eigenvalue weighted by Crippen LogP contribution is 2.49. The van der Waals surface area contributed by atoms with Gasteiger partial charge in [-0.1, -0.05) is 67.7 Å². The van der Waals surface area contributed by atoms with Crippen LogP contribution in [0.15, 0.2) is 82.6 Å². The van der Waals surface area contributed by atoms with E-state index < -0.39 is 116 Å². The Morgan fingerprint density at radius 2 is 0.911 bits per heavy atom. The van der Waals surface area contributed by atoms with Crippen LogP contribution in [0.2, 0.25) is 0 Å². The number of nitrogens with one attached hydrogen (secondary N) is 3. The molecule has 0 bridgehead atoms. The first-order chi connectivity index (χ1) is 37.3. The first-order valence-corrected chi connectivity index (χ1v) is 27.7. The van der Waals surface area contributed by atoms with Crippen LogP contribution in [0.5, 0.6) is 0 Å². The van der Waals surface area contributed by atoms with E-state index in [9.17, 15) is 58.8 Å². The Hall–Kier alpha value is -4.77. The second-order valence-electron chi connectivity index (χ2n) is 19.9. The quantitative estimate of drug-likeness (QED) is 0.0625. The summed E-state index contributed by atoms with van der Waals surface area (Å²) >= 11 is 25.1. The average Bonchev–Trinajstić information content (AvgIpc) is 4.06. The molecule has 4 saturated heterocycles. The summed E-state index contributed by atoms with van der Waals surface area (Å²) in [6.07, 6.45) is 6.26. The lowest BCUT2D eigenvalue weighted by atomic mass is 9.82. The number of H-pyrrole nitrogens is 3. The van der Waals surface area contributed by atoms with Gasteiger partial charge in [0.25, 0.3) is 16.7 Å². The van der Waals surface area contributed by atoms with Crippen molar-refractivity contribution in [3.05, 3.63) is 122 Å². The smallest absolute Gasteiger partial charge is 0.351 e. The number of alkyl halides is 4. The molecule has 0 amide bonds. The van der Waals surface area contributed by atoms with Crippen molar-refractivity contribution in [2.75, 3.05) is 18.9 Å². The van der Waals surface area contributed by atoms with E-state index in [1.807, 2.05) is 27.7 Å². The maximum atomic E-state index is 11.9. The van der Waals surface area contributed by atoms with Gasteiger partial charge >= 0.3 is 22.8 Å². The van der Waals surface area contributed by atoms with Crippen LogP contribution in [0.4, 0.5) is 5.82 Å². The molecule has 8 heterocycles. The maximum absolute atomic E-state index is 11.9. The summed E-state index contributed by atoms with van der Waals surface area (Å²) in [5, 5.41) is 36.9. The minimum Gasteiger partial charge on any atom is -0.393 e. The highest BCUT2D eigenvalue weighted by Gasteiger charge is 2.56. The molecule has 9 N–H and O–H groups in total. The Morgan fingerprint density at radius 1 is 0.557 bits per heavy atom. The highest BCUT2D eigenvalue weighted by molar-refractivity contribution is 6.22. The molecule has 0 aromatic carbocycles. The van der Waals surface area contributed by atoms with Crippen LogP contribution in [0.25, 0.3) is 0 Å². The molecule has 4 aliphatic heterocycles. The fourth-order valence-corrected chi connectivity index (χ4v) is 12.0. The van der Waals surface area contributed by atoms with E-state index >= 15 is 0 Å². The number of nitrogens with zero attached hydrogens (tertiary/aromatic N) is 5. The third-order valence-electron chi connectivity index (χ3n) is 15.1. The van der Waals surface area contributed by atoms with Gasteiger partial charge in [-0.15, -0.1) is 46.4 Å². The van der Waals surface area contributed by atoms with Gasteiger partial charge in [0.15, 0.2) is 31.2 Å². The average molecular weight is 1200 g/mol. The molecule has 4 fully saturated rings. The van der Waals surface area contributed by atoms with Crippen molar-refractivity contribution in [2.45, 2.75) is 181 Å². The topological polar surface area (TPSA) is 360 Å². The lowest BCUT2D eigenvalue weighted by molar-refractivity contribution is -0.138. The molecule has 8 rings (SSSR count). The van der Waals surface area contributed by atoms with Crippen LogP contribution in [0, 0.1) is 11.8 Å². The highest BCUT2D eigenvalue weighted by atomic mass is 35.5. The molecule has 0 aliphatic carbocycles. The van der Waals surface area contributed by atoms with E-state index in [-0.39, 0.29) is 35.2 Å². The number of rotatable bonds is 15. The van der Waals surface area contributed by atoms with E-state index in [0.717, 1.165) is 30.1 Å². The summed E-state index contributed by atoms with van der Waals surface area (Å²) < 4.78 is 28.2. The van der Waals surface area contributed by atoms with E-state index in [2.05, 4.69) is 40.7 Å². The zero-order valence-electron chi connectivity index (χ0n) is 44.7. The lowest BCUT2D eigenvalue weighted by Crippen LogP contribution is -2.45. The number of nitrogen functional groups attached to an aromatic ring is 1. The van der Waals surface area contributed by atoms with Crippen LogP contribution < -0.4 is 45.2 Å². The molecule has 440 valence electrons. The van der Waals surface area contributed by atoms with Gasteiger partial charge in [0.2, 0.25) is 0 Å². The van der Waals surface area contributed by atoms with E-state index in [0.29, 0.717) is 32.1 Å². The molecule has 0 radical (unpaired) electrons. The predicted octanol–water partition coefficient (Wildman–Crippen LogP) is 2.33. The Bertz CT molecular complexity index is 3010. The molecular formula is C50H71Cl4N9O16. The monoisotopic (exact) mass is 1190 g/mol. The normalized spacial score (nSPS) is 33.7. The number of anilines is 1. The summed E-state index contributed by atoms with van der Waals surface area (Å²) in [7, 11) is 0. The van der Waals surface area contributed by atoms with Crippen molar-refractivity contribution in [2.24, 2.45) is 11.8 Å². The van der Waals surface area contributed by atoms with Crippen molar-refractivity contribution in [1.29, 1.82) is 0 Å². The Labute approximate surface area is 472 Å². The first kappa shape index (κ1) is 65.0. The lowest BCUT2D eigenvalue weighted by Gasteiger charge is -2.31. The van der Waals surface area contributed by atoms with Gasteiger partial charge in [0.05, 0.1) is 29.6 Å². The van der Waals surface area contributed by atoms with Crippen LogP contribution in [0.1, 0.15) is 125 Å². The molecule has 29 heteroatoms. The molecule has 16 atom stereocenters. The second kappa shape index (κ2) is 27.3. The molecule has 0 saturated carbocycles. The van der Waals surface area contributed by atoms with E-state index in [1.54, 1.807) is 0 Å². The molecular weight excluding hydrogens is 1120 g/mol. The van der Waals surface area contributed by atoms with Crippen molar-refractivity contribution in [3.63, 3.8) is 0 Å². The predicted molar refractivity (Wildman–Crippen MR) is 293 cm³/mol. The van der Waals surface area contributed by atoms with E-state index in [4.69, 9.17) is 71.1 Å². The fourth-order valence-electron chi connectivity index (χ4n) is 10.4. The number of carbonyl (C=O) groups excluding carboxylic acids is 1. The van der Waals surface area contributed by atoms with Gasteiger partial charge in [-0.05, 0) is 38.2 Å². The van der Waals surface area contributed by atoms with Crippen molar-refractivity contribution in [1.82, 2.24) is 38.2 Å². The number of hydrogen-bond donors (Lipinski definition) is 8. The van der Waals surface area contributed by atoms with Crippen LogP contribution in [0.3, 0.4) is 0 Å². The third kappa shape index (κ3) is 13.4. The van der Waals surface area contributed by atoms with Gasteiger partial charge in [0.1, 0.15) is 45.6 Å². The number of aliphatic hydroxyl groups excluding tert-OH is 4. The number of nitrogens with two attached hydrogens (primary N) is 1. The number of aliphatic hydroxyl groups is 4. The van der Waals surface area contributed by atoms with E-state index in [1.165, 1.54) is 62.8 Å². The molecule has 4 aliphatic rings. The minimum absolute atomic E-state index is 0.0953. The fraction of sp³-hybridized carbons (Fsp3) is 0.660. The van der Waals surface area contributed by atoms with Crippen molar-refractivity contribution < 1.29 is 44.2 Å². The van der Waals surface area contributed by atoms with Crippen molar-refractivity contribution in [3.8, 4) is 0 Å². The van der Waals surface area contributed by atoms with Crippen LogP contribution in [-0.4, -0.2) is 134 Å². The van der Waals surface area contributed by atoms with Gasteiger partial charge in [-0.25, -0.2) is 19.2 Å². The number of aromatic nitrogens is 8. The third-order valence-corrected chi connectivity index (χ3v) is 17.2. The Kier molecular flexibility index (Phi) is 22.5. The number of aromatic amines is 3. The number of aldehydes is 1. The molecule has 4 aromatic rings. The van der Waals surface area contributed by atoms with Crippen LogP contribution >= 0.6 is 46.4 Å². The van der Waals surface area contributed by atoms with Gasteiger partial charge in [-0.3, -0.25) is 47.6 Å². The van der Waals surface area contributed by atoms with Gasteiger partial charge in [0, 0.05) is 54.8 Å². The maximum Gasteiger partial charge on any atom is 0.351 e.